The number of ether oxygens (including phenoxy) is 1. The molecule has 1 N–H and O–H groups in total. The molecule has 3 heterocycles. The highest BCUT2D eigenvalue weighted by Gasteiger charge is 2.47. The lowest BCUT2D eigenvalue weighted by atomic mass is 9.84. The van der Waals surface area contributed by atoms with E-state index in [-0.39, 0.29) is 24.8 Å². The number of rotatable bonds is 7. The molecule has 1 aromatic carbocycles. The number of fused-ring (bicyclic) bond motifs is 2. The van der Waals surface area contributed by atoms with E-state index in [1.54, 1.807) is 4.68 Å². The van der Waals surface area contributed by atoms with E-state index in [9.17, 15) is 13.6 Å². The van der Waals surface area contributed by atoms with Crippen molar-refractivity contribution in [1.82, 2.24) is 25.0 Å². The average Bonchev–Trinajstić information content (AvgIpc) is 3.43. The Hall–Kier alpha value is -2.59. The van der Waals surface area contributed by atoms with Gasteiger partial charge in [0.05, 0.1) is 16.8 Å². The number of amides is 1. The van der Waals surface area contributed by atoms with E-state index in [4.69, 9.17) is 4.74 Å². The minimum Gasteiger partial charge on any atom is -0.466 e. The lowest BCUT2D eigenvalue weighted by Gasteiger charge is -2.33. The molecule has 37 heavy (non-hydrogen) atoms. The zero-order valence-electron chi connectivity index (χ0n) is 21.1. The van der Waals surface area contributed by atoms with Gasteiger partial charge in [-0.2, -0.15) is 5.10 Å². The minimum absolute atomic E-state index is 0.0104. The number of hydrogen-bond acceptors (Lipinski definition) is 6. The van der Waals surface area contributed by atoms with Crippen molar-refractivity contribution in [3.8, 4) is 5.19 Å². The number of aromatic nitrogens is 3. The molecule has 0 radical (unpaired) electrons. The molecule has 2 fully saturated rings. The van der Waals surface area contributed by atoms with Crippen LogP contribution in [0.25, 0.3) is 10.9 Å². The second kappa shape index (κ2) is 9.94. The molecular formula is C27H33F2N5O2S. The molecule has 2 aliphatic carbocycles. The van der Waals surface area contributed by atoms with Gasteiger partial charge in [0.2, 0.25) is 0 Å². The summed E-state index contributed by atoms with van der Waals surface area (Å²) in [6, 6.07) is 5.91. The van der Waals surface area contributed by atoms with Gasteiger partial charge in [-0.3, -0.25) is 14.4 Å². The topological polar surface area (TPSA) is 72.3 Å². The predicted molar refractivity (Wildman–Crippen MR) is 138 cm³/mol. The first-order valence-corrected chi connectivity index (χ1v) is 14.1. The van der Waals surface area contributed by atoms with E-state index in [2.05, 4.69) is 20.3 Å². The number of nitrogens with one attached hydrogen (secondary N) is 1. The van der Waals surface area contributed by atoms with Crippen LogP contribution in [0.15, 0.2) is 24.4 Å². The third-order valence-corrected chi connectivity index (χ3v) is 9.10. The summed E-state index contributed by atoms with van der Waals surface area (Å²) in [5, 5.41) is 9.10. The van der Waals surface area contributed by atoms with Gasteiger partial charge in [-0.1, -0.05) is 17.4 Å². The van der Waals surface area contributed by atoms with Crippen LogP contribution in [0.3, 0.4) is 0 Å². The first kappa shape index (κ1) is 24.7. The van der Waals surface area contributed by atoms with Crippen LogP contribution in [0.1, 0.15) is 65.9 Å². The smallest absolute Gasteiger partial charge is 0.273 e. The van der Waals surface area contributed by atoms with Gasteiger partial charge in [-0.15, -0.1) is 0 Å². The number of hydrogen-bond donors (Lipinski definition) is 1. The lowest BCUT2D eigenvalue weighted by molar-refractivity contribution is -0.134. The van der Waals surface area contributed by atoms with E-state index in [0.717, 1.165) is 74.8 Å². The first-order valence-electron chi connectivity index (χ1n) is 13.3. The quantitative estimate of drug-likeness (QED) is 0.469. The Morgan fingerprint density at radius 2 is 2.05 bits per heavy atom. The van der Waals surface area contributed by atoms with Crippen molar-refractivity contribution in [1.29, 1.82) is 0 Å². The Balaban J connectivity index is 0.943. The average molecular weight is 530 g/mol. The van der Waals surface area contributed by atoms with Crippen LogP contribution < -0.4 is 10.1 Å². The molecule has 0 spiro atoms. The number of alkyl halides is 2. The third-order valence-electron chi connectivity index (χ3n) is 8.05. The summed E-state index contributed by atoms with van der Waals surface area (Å²) in [6.45, 7) is 2.84. The van der Waals surface area contributed by atoms with Crippen molar-refractivity contribution in [3.63, 3.8) is 0 Å². The molecule has 2 saturated carbocycles. The number of carbonyl (C=O) groups excluding carboxylic acids is 1. The molecule has 0 unspecified atom stereocenters. The maximum absolute atomic E-state index is 13.1. The van der Waals surface area contributed by atoms with Gasteiger partial charge in [-0.05, 0) is 63.1 Å². The molecule has 0 bridgehead atoms. The van der Waals surface area contributed by atoms with Crippen molar-refractivity contribution in [3.05, 3.63) is 40.5 Å². The van der Waals surface area contributed by atoms with Gasteiger partial charge in [0.1, 0.15) is 6.10 Å². The maximum Gasteiger partial charge on any atom is 0.273 e. The Labute approximate surface area is 219 Å². The van der Waals surface area contributed by atoms with E-state index < -0.39 is 12.0 Å². The van der Waals surface area contributed by atoms with Crippen molar-refractivity contribution in [2.75, 3.05) is 13.1 Å². The van der Waals surface area contributed by atoms with Gasteiger partial charge in [-0.25, -0.2) is 13.8 Å². The molecule has 3 aliphatic rings. The second-order valence-electron chi connectivity index (χ2n) is 10.9. The van der Waals surface area contributed by atoms with E-state index in [1.807, 2.05) is 31.4 Å². The summed E-state index contributed by atoms with van der Waals surface area (Å²) in [5.41, 5.74) is 2.58. The summed E-state index contributed by atoms with van der Waals surface area (Å²) >= 11 is 1.52. The molecule has 7 nitrogen and oxygen atoms in total. The van der Waals surface area contributed by atoms with Crippen molar-refractivity contribution < 1.29 is 18.3 Å². The SMILES string of the molecule is Cn1cc2c(C(=O)NC3CCC(CCN4CCc5sc(OC6CC(F)(F)C6)nc5C4)CC3)cccc2n1. The highest BCUT2D eigenvalue weighted by atomic mass is 32.1. The van der Waals surface area contributed by atoms with Gasteiger partial charge < -0.3 is 10.1 Å². The minimum atomic E-state index is -2.57. The molecule has 198 valence electrons. The maximum atomic E-state index is 13.1. The van der Waals surface area contributed by atoms with Crippen LogP contribution >= 0.6 is 11.3 Å². The number of aryl methyl sites for hydroxylation is 1. The van der Waals surface area contributed by atoms with Crippen LogP contribution in [0.2, 0.25) is 0 Å². The number of thiazole rings is 1. The molecule has 6 rings (SSSR count). The molecule has 0 saturated heterocycles. The van der Waals surface area contributed by atoms with Crippen LogP contribution in [-0.2, 0) is 20.0 Å². The number of carbonyl (C=O) groups is 1. The number of benzene rings is 1. The summed E-state index contributed by atoms with van der Waals surface area (Å²) < 4.78 is 33.6. The van der Waals surface area contributed by atoms with Gasteiger partial charge in [0.25, 0.3) is 17.0 Å². The fourth-order valence-corrected chi connectivity index (χ4v) is 6.86. The molecule has 2 aromatic heterocycles. The number of nitrogens with zero attached hydrogens (tertiary/aromatic N) is 4. The summed E-state index contributed by atoms with van der Waals surface area (Å²) in [4.78, 5) is 21.3. The second-order valence-corrected chi connectivity index (χ2v) is 11.9. The van der Waals surface area contributed by atoms with Crippen LogP contribution in [0.5, 0.6) is 5.19 Å². The normalized spacial score (nSPS) is 24.0. The van der Waals surface area contributed by atoms with Crippen LogP contribution in [0.4, 0.5) is 8.78 Å². The Bertz CT molecular complexity index is 1280. The fraction of sp³-hybridized carbons (Fsp3) is 0.593. The molecule has 0 atom stereocenters. The molecule has 10 heteroatoms. The van der Waals surface area contributed by atoms with Crippen LogP contribution in [0, 0.1) is 5.92 Å². The van der Waals surface area contributed by atoms with Crippen molar-refractivity contribution in [2.45, 2.75) is 76.0 Å². The molecule has 3 aromatic rings. The molecule has 1 aliphatic heterocycles. The molecular weight excluding hydrogens is 496 g/mol. The van der Waals surface area contributed by atoms with Crippen molar-refractivity contribution >= 4 is 28.1 Å². The van der Waals surface area contributed by atoms with Crippen LogP contribution in [-0.4, -0.2) is 56.7 Å². The fourth-order valence-electron chi connectivity index (χ4n) is 5.89. The zero-order chi connectivity index (χ0) is 25.6. The van der Waals surface area contributed by atoms with Gasteiger partial charge in [0, 0.05) is 55.5 Å². The highest BCUT2D eigenvalue weighted by molar-refractivity contribution is 7.13. The largest absolute Gasteiger partial charge is 0.466 e. The van der Waals surface area contributed by atoms with E-state index >= 15 is 0 Å². The zero-order valence-corrected chi connectivity index (χ0v) is 21.9. The number of halogens is 2. The van der Waals surface area contributed by atoms with E-state index in [1.165, 1.54) is 16.2 Å². The predicted octanol–water partition coefficient (Wildman–Crippen LogP) is 4.94. The monoisotopic (exact) mass is 529 g/mol. The van der Waals surface area contributed by atoms with Crippen molar-refractivity contribution in [2.24, 2.45) is 13.0 Å². The summed E-state index contributed by atoms with van der Waals surface area (Å²) in [7, 11) is 1.87. The van der Waals surface area contributed by atoms with Gasteiger partial charge >= 0.3 is 0 Å². The van der Waals surface area contributed by atoms with Gasteiger partial charge in [0.15, 0.2) is 0 Å². The standard InChI is InChI=1S/C27H33F2N5O2S/c1-33-15-21-20(3-2-4-22(21)32-33)25(35)30-18-7-5-17(6-8-18)9-11-34-12-10-24-23(16-34)31-26(37-24)36-19-13-27(28,29)14-19/h2-4,15,17-19H,5-14,16H2,1H3,(H,30,35). The van der Waals surface area contributed by atoms with E-state index in [0.29, 0.717) is 16.7 Å². The molecule has 1 amide bonds. The Morgan fingerprint density at radius 1 is 1.24 bits per heavy atom. The third kappa shape index (κ3) is 5.50. The lowest BCUT2D eigenvalue weighted by Crippen LogP contribution is -2.43. The summed E-state index contributed by atoms with van der Waals surface area (Å²) in [5.74, 6) is -1.91. The highest BCUT2D eigenvalue weighted by Crippen LogP contribution is 2.41. The Morgan fingerprint density at radius 3 is 2.84 bits per heavy atom. The first-order chi connectivity index (χ1) is 17.8. The Kier molecular flexibility index (Phi) is 6.65. The summed E-state index contributed by atoms with van der Waals surface area (Å²) in [6.07, 6.45) is 7.47.